The minimum absolute atomic E-state index is 0.0592. The number of carbonyl (C=O) groups is 1. The summed E-state index contributed by atoms with van der Waals surface area (Å²) in [6.45, 7) is 2.52. The largest absolute Gasteiger partial charge is 0.476 e. The topological polar surface area (TPSA) is 202 Å². The predicted octanol–water partition coefficient (Wildman–Crippen LogP) is 3.42. The summed E-state index contributed by atoms with van der Waals surface area (Å²) < 4.78 is 59.2. The van der Waals surface area contributed by atoms with Crippen molar-refractivity contribution < 1.29 is 47.2 Å². The molecule has 2 aromatic heterocycles. The number of halogens is 1. The minimum atomic E-state index is -4.53. The van der Waals surface area contributed by atoms with E-state index in [-0.39, 0.29) is 41.5 Å². The third-order valence-electron chi connectivity index (χ3n) is 7.05. The van der Waals surface area contributed by atoms with E-state index < -0.39 is 51.2 Å². The standard InChI is InChI=1S/C28H40FN6O9P/c1-4-40-25-23-24(32-27(30)33-25)35(17-31-23)22(15-36)43-28(29,19(3)37)16-41-45(39,44-21-13-9-6-10-14-21)34-18(2)26(38)42-20-11-7-5-8-12-20/h6,9-10,13-14,17-20,22,36-37H,4-5,7-8,11-12,15-16H2,1-3H3,(H,34,39)(H2,30,32,33)/t18?,19-,22?,28?,45?/m0/s1. The summed E-state index contributed by atoms with van der Waals surface area (Å²) in [4.78, 5) is 25.1. The monoisotopic (exact) mass is 654 g/mol. The van der Waals surface area contributed by atoms with Crippen molar-refractivity contribution in [1.82, 2.24) is 24.6 Å². The molecular formula is C28H40FN6O9P. The van der Waals surface area contributed by atoms with Crippen molar-refractivity contribution in [2.24, 2.45) is 0 Å². The van der Waals surface area contributed by atoms with Crippen molar-refractivity contribution in [3.63, 3.8) is 0 Å². The molecule has 1 aliphatic carbocycles. The zero-order valence-electron chi connectivity index (χ0n) is 25.4. The SMILES string of the molecule is CCOc1nc(N)nc2c1ncn2C(CO)OC(F)(COP(=O)(NC(C)C(=O)OC1CCCCC1)Oc1ccccc1)[C@H](C)O. The zero-order valence-corrected chi connectivity index (χ0v) is 26.3. The van der Waals surface area contributed by atoms with E-state index in [0.29, 0.717) is 0 Å². The maximum absolute atomic E-state index is 16.4. The van der Waals surface area contributed by atoms with Gasteiger partial charge >= 0.3 is 13.7 Å². The van der Waals surface area contributed by atoms with Crippen LogP contribution in [0.3, 0.4) is 0 Å². The molecule has 0 amide bonds. The summed E-state index contributed by atoms with van der Waals surface area (Å²) in [7, 11) is -4.53. The van der Waals surface area contributed by atoms with Gasteiger partial charge in [0.15, 0.2) is 17.4 Å². The second-order valence-electron chi connectivity index (χ2n) is 10.6. The van der Waals surface area contributed by atoms with E-state index >= 15 is 4.39 Å². The lowest BCUT2D eigenvalue weighted by Crippen LogP contribution is -2.46. The molecule has 248 valence electrons. The lowest BCUT2D eigenvalue weighted by atomic mass is 9.98. The Bertz CT molecular complexity index is 1460. The number of aliphatic hydroxyl groups is 2. The van der Waals surface area contributed by atoms with E-state index in [0.717, 1.165) is 39.0 Å². The number of hydrogen-bond donors (Lipinski definition) is 4. The van der Waals surface area contributed by atoms with Crippen molar-refractivity contribution in [1.29, 1.82) is 0 Å². The second-order valence-corrected chi connectivity index (χ2v) is 12.3. The highest BCUT2D eigenvalue weighted by molar-refractivity contribution is 7.52. The smallest absolute Gasteiger partial charge is 0.459 e. The van der Waals surface area contributed by atoms with Crippen LogP contribution in [0.25, 0.3) is 11.2 Å². The number of imidazole rings is 1. The van der Waals surface area contributed by atoms with Crippen LogP contribution in [0, 0.1) is 0 Å². The number of alkyl halides is 1. The van der Waals surface area contributed by atoms with Gasteiger partial charge in [0.25, 0.3) is 5.85 Å². The fourth-order valence-corrected chi connectivity index (χ4v) is 6.14. The lowest BCUT2D eigenvalue weighted by molar-refractivity contribution is -0.263. The molecule has 5 atom stereocenters. The highest BCUT2D eigenvalue weighted by Crippen LogP contribution is 2.46. The molecule has 4 rings (SSSR count). The third kappa shape index (κ3) is 8.87. The van der Waals surface area contributed by atoms with Crippen LogP contribution in [0.4, 0.5) is 10.3 Å². The van der Waals surface area contributed by atoms with Crippen molar-refractivity contribution in [3.8, 4) is 11.6 Å². The minimum Gasteiger partial charge on any atom is -0.476 e. The first-order chi connectivity index (χ1) is 21.5. The van der Waals surface area contributed by atoms with Crippen LogP contribution in [0.15, 0.2) is 36.7 Å². The lowest BCUT2D eigenvalue weighted by Gasteiger charge is -2.33. The van der Waals surface area contributed by atoms with E-state index in [1.165, 1.54) is 30.0 Å². The van der Waals surface area contributed by atoms with Gasteiger partial charge < -0.3 is 34.7 Å². The van der Waals surface area contributed by atoms with E-state index in [9.17, 15) is 19.6 Å². The number of carbonyl (C=O) groups excluding carboxylic acids is 1. The molecule has 1 aromatic carbocycles. The molecule has 45 heavy (non-hydrogen) atoms. The van der Waals surface area contributed by atoms with Gasteiger partial charge in [0.05, 0.1) is 19.5 Å². The molecule has 0 spiro atoms. The van der Waals surface area contributed by atoms with Crippen LogP contribution in [0.2, 0.25) is 0 Å². The first-order valence-electron chi connectivity index (χ1n) is 14.7. The summed E-state index contributed by atoms with van der Waals surface area (Å²) in [5.41, 5.74) is 6.04. The van der Waals surface area contributed by atoms with Crippen molar-refractivity contribution in [2.75, 3.05) is 25.6 Å². The number of benzene rings is 1. The maximum atomic E-state index is 16.4. The first kappa shape index (κ1) is 34.5. The maximum Gasteiger partial charge on any atom is 0.459 e. The number of nitrogens with two attached hydrogens (primary N) is 1. The first-order valence-corrected chi connectivity index (χ1v) is 16.3. The van der Waals surface area contributed by atoms with Crippen LogP contribution in [0.5, 0.6) is 11.6 Å². The number of nitrogen functional groups attached to an aromatic ring is 1. The Balaban J connectivity index is 1.55. The van der Waals surface area contributed by atoms with Gasteiger partial charge in [-0.15, -0.1) is 0 Å². The average molecular weight is 655 g/mol. The molecular weight excluding hydrogens is 614 g/mol. The number of rotatable bonds is 16. The van der Waals surface area contributed by atoms with E-state index in [1.54, 1.807) is 25.1 Å². The fourth-order valence-electron chi connectivity index (χ4n) is 4.64. The molecule has 0 aliphatic heterocycles. The van der Waals surface area contributed by atoms with Crippen molar-refractivity contribution >= 4 is 30.8 Å². The molecule has 17 heteroatoms. The van der Waals surface area contributed by atoms with Crippen LogP contribution in [0.1, 0.15) is 59.1 Å². The molecule has 0 radical (unpaired) electrons. The van der Waals surface area contributed by atoms with Crippen LogP contribution >= 0.6 is 7.75 Å². The molecule has 3 aromatic rings. The van der Waals surface area contributed by atoms with Gasteiger partial charge in [-0.05, 0) is 58.6 Å². The number of esters is 1. The second kappa shape index (κ2) is 15.3. The molecule has 2 heterocycles. The average Bonchev–Trinajstić information content (AvgIpc) is 3.43. The van der Waals surface area contributed by atoms with Gasteiger partial charge in [-0.3, -0.25) is 13.9 Å². The summed E-state index contributed by atoms with van der Waals surface area (Å²) >= 11 is 0. The molecule has 1 aliphatic rings. The third-order valence-corrected chi connectivity index (χ3v) is 8.67. The number of anilines is 1. The van der Waals surface area contributed by atoms with Gasteiger partial charge in [-0.2, -0.15) is 15.1 Å². The summed E-state index contributed by atoms with van der Waals surface area (Å²) in [6, 6.07) is 6.75. The normalized spacial score (nSPS) is 18.8. The highest BCUT2D eigenvalue weighted by atomic mass is 31.2. The Labute approximate surface area is 259 Å². The number of hydrogen-bond acceptors (Lipinski definition) is 13. The van der Waals surface area contributed by atoms with E-state index in [1.807, 2.05) is 0 Å². The van der Waals surface area contributed by atoms with Crippen LogP contribution in [-0.4, -0.2) is 79.6 Å². The van der Waals surface area contributed by atoms with Gasteiger partial charge in [0.2, 0.25) is 11.8 Å². The van der Waals surface area contributed by atoms with Gasteiger partial charge in [0.1, 0.15) is 30.6 Å². The van der Waals surface area contributed by atoms with Gasteiger partial charge in [0, 0.05) is 0 Å². The Morgan fingerprint density at radius 2 is 1.93 bits per heavy atom. The molecule has 1 fully saturated rings. The summed E-state index contributed by atoms with van der Waals surface area (Å²) in [6.07, 6.45) is 1.95. The number of ether oxygens (including phenoxy) is 3. The number of para-hydroxylation sites is 1. The quantitative estimate of drug-likeness (QED) is 0.129. The summed E-state index contributed by atoms with van der Waals surface area (Å²) in [5, 5.41) is 23.1. The Hall–Kier alpha value is -3.40. The molecule has 5 N–H and O–H groups in total. The number of nitrogens with one attached hydrogen (secondary N) is 1. The zero-order chi connectivity index (χ0) is 32.6. The van der Waals surface area contributed by atoms with Crippen LogP contribution < -0.4 is 20.1 Å². The highest BCUT2D eigenvalue weighted by Gasteiger charge is 2.44. The van der Waals surface area contributed by atoms with Crippen molar-refractivity contribution in [2.45, 2.75) is 83.2 Å². The number of aromatic nitrogens is 4. The predicted molar refractivity (Wildman–Crippen MR) is 160 cm³/mol. The fraction of sp³-hybridized carbons (Fsp3) is 0.571. The van der Waals surface area contributed by atoms with Gasteiger partial charge in [-0.25, -0.2) is 13.9 Å². The Kier molecular flexibility index (Phi) is 11.7. The Morgan fingerprint density at radius 1 is 1.22 bits per heavy atom. The number of nitrogens with zero attached hydrogens (tertiary/aromatic N) is 4. The number of fused-ring (bicyclic) bond motifs is 1. The molecule has 1 saturated carbocycles. The molecule has 15 nitrogen and oxygen atoms in total. The van der Waals surface area contributed by atoms with Gasteiger partial charge in [-0.1, -0.05) is 24.6 Å². The molecule has 0 saturated heterocycles. The molecule has 4 unspecified atom stereocenters. The molecule has 0 bridgehead atoms. The van der Waals surface area contributed by atoms with Crippen LogP contribution in [-0.2, 0) is 23.4 Å². The van der Waals surface area contributed by atoms with E-state index in [4.69, 9.17) is 29.0 Å². The van der Waals surface area contributed by atoms with Crippen molar-refractivity contribution in [3.05, 3.63) is 36.7 Å². The number of aliphatic hydroxyl groups excluding tert-OH is 2. The Morgan fingerprint density at radius 3 is 2.58 bits per heavy atom. The van der Waals surface area contributed by atoms with E-state index in [2.05, 4.69) is 20.0 Å². The summed E-state index contributed by atoms with van der Waals surface area (Å²) in [5.74, 6) is -3.75.